The SMILES string of the molecule is CCOC(=O)c1cc(Br)cc(N2CCN(C(=O)OC(C)(C)C)CC2)c1C. The van der Waals surface area contributed by atoms with Crippen molar-refractivity contribution in [3.63, 3.8) is 0 Å². The minimum absolute atomic E-state index is 0.282. The van der Waals surface area contributed by atoms with Crippen molar-refractivity contribution in [3.05, 3.63) is 27.7 Å². The lowest BCUT2D eigenvalue weighted by Crippen LogP contribution is -2.50. The first-order valence-corrected chi connectivity index (χ1v) is 9.62. The Labute approximate surface area is 163 Å². The Morgan fingerprint density at radius 1 is 1.15 bits per heavy atom. The van der Waals surface area contributed by atoms with Gasteiger partial charge in [0.25, 0.3) is 0 Å². The van der Waals surface area contributed by atoms with E-state index < -0.39 is 5.60 Å². The van der Waals surface area contributed by atoms with Gasteiger partial charge in [-0.15, -0.1) is 0 Å². The van der Waals surface area contributed by atoms with Gasteiger partial charge in [0.15, 0.2) is 0 Å². The lowest BCUT2D eigenvalue weighted by Gasteiger charge is -2.37. The molecule has 0 unspecified atom stereocenters. The zero-order valence-electron chi connectivity index (χ0n) is 16.1. The molecule has 1 aromatic rings. The third-order valence-corrected chi connectivity index (χ3v) is 4.57. The second kappa shape index (κ2) is 8.29. The van der Waals surface area contributed by atoms with Crippen LogP contribution in [-0.2, 0) is 9.47 Å². The van der Waals surface area contributed by atoms with Crippen LogP contribution in [0.15, 0.2) is 16.6 Å². The molecule has 1 heterocycles. The van der Waals surface area contributed by atoms with Crippen LogP contribution in [0.25, 0.3) is 0 Å². The van der Waals surface area contributed by atoms with E-state index in [0.29, 0.717) is 38.3 Å². The van der Waals surface area contributed by atoms with Gasteiger partial charge in [-0.1, -0.05) is 15.9 Å². The Bertz CT molecular complexity index is 677. The molecule has 144 valence electrons. The van der Waals surface area contributed by atoms with Crippen molar-refractivity contribution in [1.82, 2.24) is 4.90 Å². The van der Waals surface area contributed by atoms with Gasteiger partial charge in [0.1, 0.15) is 5.60 Å². The monoisotopic (exact) mass is 426 g/mol. The molecule has 0 aliphatic carbocycles. The second-order valence-corrected chi connectivity index (χ2v) is 8.19. The number of carbonyl (C=O) groups is 2. The smallest absolute Gasteiger partial charge is 0.410 e. The molecule has 0 spiro atoms. The highest BCUT2D eigenvalue weighted by Crippen LogP contribution is 2.30. The van der Waals surface area contributed by atoms with Crippen LogP contribution in [0.1, 0.15) is 43.6 Å². The number of halogens is 1. The van der Waals surface area contributed by atoms with Crippen LogP contribution in [0.5, 0.6) is 0 Å². The lowest BCUT2D eigenvalue weighted by atomic mass is 10.1. The van der Waals surface area contributed by atoms with Crippen molar-refractivity contribution in [2.75, 3.05) is 37.7 Å². The molecular formula is C19H27BrN2O4. The molecule has 1 aliphatic heterocycles. The standard InChI is InChI=1S/C19H27BrN2O4/c1-6-25-17(23)15-11-14(20)12-16(13(15)2)21-7-9-22(10-8-21)18(24)26-19(3,4)5/h11-12H,6-10H2,1-5H3. The van der Waals surface area contributed by atoms with Crippen molar-refractivity contribution in [1.29, 1.82) is 0 Å². The average Bonchev–Trinajstić information content (AvgIpc) is 2.55. The molecule has 0 saturated carbocycles. The van der Waals surface area contributed by atoms with E-state index in [0.717, 1.165) is 15.7 Å². The number of nitrogens with zero attached hydrogens (tertiary/aromatic N) is 2. The number of hydrogen-bond acceptors (Lipinski definition) is 5. The summed E-state index contributed by atoms with van der Waals surface area (Å²) in [5, 5.41) is 0. The molecule has 2 rings (SSSR count). The molecule has 1 saturated heterocycles. The molecule has 7 heteroatoms. The van der Waals surface area contributed by atoms with Crippen LogP contribution >= 0.6 is 15.9 Å². The normalized spacial score (nSPS) is 15.0. The second-order valence-electron chi connectivity index (χ2n) is 7.27. The first kappa shape index (κ1) is 20.6. The van der Waals surface area contributed by atoms with Gasteiger partial charge in [-0.3, -0.25) is 0 Å². The third kappa shape index (κ3) is 5.13. The summed E-state index contributed by atoms with van der Waals surface area (Å²) in [6, 6.07) is 3.79. The fraction of sp³-hybridized carbons (Fsp3) is 0.579. The number of amides is 1. The topological polar surface area (TPSA) is 59.1 Å². The maximum atomic E-state index is 12.2. The van der Waals surface area contributed by atoms with E-state index in [-0.39, 0.29) is 12.1 Å². The number of ether oxygens (including phenoxy) is 2. The molecule has 26 heavy (non-hydrogen) atoms. The predicted molar refractivity (Wildman–Crippen MR) is 105 cm³/mol. The summed E-state index contributed by atoms with van der Waals surface area (Å²) >= 11 is 3.48. The molecule has 0 N–H and O–H groups in total. The Morgan fingerprint density at radius 2 is 1.77 bits per heavy atom. The van der Waals surface area contributed by atoms with Crippen LogP contribution in [-0.4, -0.2) is 55.3 Å². The minimum Gasteiger partial charge on any atom is -0.462 e. The molecule has 1 aliphatic rings. The molecule has 0 bridgehead atoms. The zero-order chi connectivity index (χ0) is 19.5. The molecule has 1 aromatic carbocycles. The van der Waals surface area contributed by atoms with Crippen LogP contribution in [0.4, 0.5) is 10.5 Å². The zero-order valence-corrected chi connectivity index (χ0v) is 17.7. The van der Waals surface area contributed by atoms with Crippen LogP contribution in [0.3, 0.4) is 0 Å². The summed E-state index contributed by atoms with van der Waals surface area (Å²) in [7, 11) is 0. The number of anilines is 1. The van der Waals surface area contributed by atoms with Gasteiger partial charge in [0, 0.05) is 36.3 Å². The largest absolute Gasteiger partial charge is 0.462 e. The van der Waals surface area contributed by atoms with Gasteiger partial charge < -0.3 is 19.3 Å². The lowest BCUT2D eigenvalue weighted by molar-refractivity contribution is 0.0240. The fourth-order valence-electron chi connectivity index (χ4n) is 2.87. The van der Waals surface area contributed by atoms with Crippen molar-refractivity contribution < 1.29 is 19.1 Å². The summed E-state index contributed by atoms with van der Waals surface area (Å²) in [6.07, 6.45) is -0.282. The molecule has 0 radical (unpaired) electrons. The minimum atomic E-state index is -0.496. The van der Waals surface area contributed by atoms with Crippen molar-refractivity contribution in [2.24, 2.45) is 0 Å². The number of hydrogen-bond donors (Lipinski definition) is 0. The molecule has 1 amide bonds. The average molecular weight is 427 g/mol. The van der Waals surface area contributed by atoms with E-state index in [1.807, 2.05) is 33.8 Å². The van der Waals surface area contributed by atoms with Gasteiger partial charge in [-0.05, 0) is 52.3 Å². The fourth-order valence-corrected chi connectivity index (χ4v) is 3.32. The summed E-state index contributed by atoms with van der Waals surface area (Å²) in [6.45, 7) is 12.2. The molecule has 0 aromatic heterocycles. The quantitative estimate of drug-likeness (QED) is 0.683. The van der Waals surface area contributed by atoms with Crippen molar-refractivity contribution in [2.45, 2.75) is 40.2 Å². The first-order valence-electron chi connectivity index (χ1n) is 8.82. The number of carbonyl (C=O) groups excluding carboxylic acids is 2. The van der Waals surface area contributed by atoms with Gasteiger partial charge in [0.2, 0.25) is 0 Å². The first-order chi connectivity index (χ1) is 12.1. The maximum Gasteiger partial charge on any atom is 0.410 e. The highest BCUT2D eigenvalue weighted by Gasteiger charge is 2.27. The molecular weight excluding hydrogens is 400 g/mol. The van der Waals surface area contributed by atoms with Gasteiger partial charge in [-0.25, -0.2) is 9.59 Å². The number of piperazine rings is 1. The summed E-state index contributed by atoms with van der Waals surface area (Å²) < 4.78 is 11.4. The van der Waals surface area contributed by atoms with E-state index in [9.17, 15) is 9.59 Å². The Balaban J connectivity index is 2.12. The number of benzene rings is 1. The predicted octanol–water partition coefficient (Wildman–Crippen LogP) is 3.99. The highest BCUT2D eigenvalue weighted by atomic mass is 79.9. The Kier molecular flexibility index (Phi) is 6.55. The van der Waals surface area contributed by atoms with E-state index in [1.165, 1.54) is 0 Å². The van der Waals surface area contributed by atoms with Gasteiger partial charge >= 0.3 is 12.1 Å². The summed E-state index contributed by atoms with van der Waals surface area (Å²) in [4.78, 5) is 28.3. The van der Waals surface area contributed by atoms with E-state index in [1.54, 1.807) is 17.9 Å². The van der Waals surface area contributed by atoms with Crippen molar-refractivity contribution >= 4 is 33.7 Å². The van der Waals surface area contributed by atoms with Gasteiger partial charge in [0.05, 0.1) is 12.2 Å². The number of rotatable bonds is 3. The molecule has 0 atom stereocenters. The summed E-state index contributed by atoms with van der Waals surface area (Å²) in [5.41, 5.74) is 1.93. The van der Waals surface area contributed by atoms with Crippen LogP contribution < -0.4 is 4.90 Å². The van der Waals surface area contributed by atoms with Crippen molar-refractivity contribution in [3.8, 4) is 0 Å². The molecule has 1 fully saturated rings. The Morgan fingerprint density at radius 3 is 2.31 bits per heavy atom. The van der Waals surface area contributed by atoms with E-state index in [4.69, 9.17) is 9.47 Å². The van der Waals surface area contributed by atoms with E-state index >= 15 is 0 Å². The highest BCUT2D eigenvalue weighted by molar-refractivity contribution is 9.10. The van der Waals surface area contributed by atoms with E-state index in [2.05, 4.69) is 20.8 Å². The Hall–Kier alpha value is -1.76. The van der Waals surface area contributed by atoms with Crippen LogP contribution in [0, 0.1) is 6.92 Å². The third-order valence-electron chi connectivity index (χ3n) is 4.11. The summed E-state index contributed by atoms with van der Waals surface area (Å²) in [5.74, 6) is -0.319. The van der Waals surface area contributed by atoms with Gasteiger partial charge in [-0.2, -0.15) is 0 Å². The maximum absolute atomic E-state index is 12.2. The van der Waals surface area contributed by atoms with Crippen LogP contribution in [0.2, 0.25) is 0 Å². The number of esters is 1. The molecule has 6 nitrogen and oxygen atoms in total.